The van der Waals surface area contributed by atoms with E-state index in [0.29, 0.717) is 0 Å². The maximum Gasteiger partial charge on any atom is 0.123 e. The van der Waals surface area contributed by atoms with Crippen molar-refractivity contribution < 1.29 is 19.3 Å². The van der Waals surface area contributed by atoms with Crippen LogP contribution in [-0.4, -0.2) is 44.4 Å². The minimum absolute atomic E-state index is 0.222. The first-order chi connectivity index (χ1) is 14.1. The molecule has 0 radical (unpaired) electrons. The predicted octanol–water partition coefficient (Wildman–Crippen LogP) is 3.83. The van der Waals surface area contributed by atoms with Crippen LogP contribution in [0.3, 0.4) is 0 Å². The summed E-state index contributed by atoms with van der Waals surface area (Å²) in [4.78, 5) is 2.46. The summed E-state index contributed by atoms with van der Waals surface area (Å²) < 4.78 is 16.3. The Hall–Kier alpha value is -2.24. The Morgan fingerprint density at radius 2 is 1.52 bits per heavy atom. The Morgan fingerprint density at radius 1 is 0.897 bits per heavy atom. The van der Waals surface area contributed by atoms with Crippen molar-refractivity contribution in [2.75, 3.05) is 34.4 Å². The highest BCUT2D eigenvalue weighted by molar-refractivity contribution is 5.40. The van der Waals surface area contributed by atoms with Gasteiger partial charge in [0.25, 0.3) is 0 Å². The third-order valence-electron chi connectivity index (χ3n) is 6.74. The van der Waals surface area contributed by atoms with Crippen LogP contribution < -0.4 is 14.2 Å². The second-order valence-electron chi connectivity index (χ2n) is 8.25. The van der Waals surface area contributed by atoms with E-state index in [4.69, 9.17) is 14.2 Å². The monoisotopic (exact) mass is 397 g/mol. The van der Waals surface area contributed by atoms with Crippen molar-refractivity contribution in [3.05, 3.63) is 53.6 Å². The van der Waals surface area contributed by atoms with Crippen molar-refractivity contribution >= 4 is 0 Å². The Labute approximate surface area is 173 Å². The Balaban J connectivity index is 1.57. The number of hydrogen-bond acceptors (Lipinski definition) is 5. The highest BCUT2D eigenvalue weighted by Crippen LogP contribution is 2.49. The summed E-state index contributed by atoms with van der Waals surface area (Å²) in [5.74, 6) is 2.99. The molecule has 2 aliphatic rings. The van der Waals surface area contributed by atoms with Crippen LogP contribution in [0.15, 0.2) is 42.5 Å². The standard InChI is InChI=1S/C24H31NO4/c1-27-21-9-7-18(8-10-21)24(26)19-5-4-6-20(24)16-25(15-19)14-17-13-22(28-2)11-12-23(17)29-3/h7-13,19-20,26H,4-6,14-16H2,1-3H3/t19-,20-/m0/s1. The van der Waals surface area contributed by atoms with Gasteiger partial charge in [0, 0.05) is 37.0 Å². The normalized spacial score (nSPS) is 26.8. The third kappa shape index (κ3) is 3.69. The van der Waals surface area contributed by atoms with Gasteiger partial charge >= 0.3 is 0 Å². The van der Waals surface area contributed by atoms with Gasteiger partial charge in [0.1, 0.15) is 17.2 Å². The van der Waals surface area contributed by atoms with E-state index in [9.17, 15) is 5.11 Å². The minimum atomic E-state index is -0.764. The first kappa shape index (κ1) is 20.0. The Morgan fingerprint density at radius 3 is 2.10 bits per heavy atom. The molecular formula is C24H31NO4. The number of aliphatic hydroxyl groups is 1. The van der Waals surface area contributed by atoms with Crippen LogP contribution in [0, 0.1) is 11.8 Å². The molecule has 0 spiro atoms. The van der Waals surface area contributed by atoms with Crippen molar-refractivity contribution in [3.63, 3.8) is 0 Å². The van der Waals surface area contributed by atoms with Crippen LogP contribution in [0.1, 0.15) is 30.4 Å². The predicted molar refractivity (Wildman–Crippen MR) is 113 cm³/mol. The number of nitrogens with zero attached hydrogens (tertiary/aromatic N) is 1. The topological polar surface area (TPSA) is 51.2 Å². The summed E-state index contributed by atoms with van der Waals surface area (Å²) in [6.07, 6.45) is 3.28. The van der Waals surface area contributed by atoms with Gasteiger partial charge in [0.15, 0.2) is 0 Å². The Kier molecular flexibility index (Phi) is 5.70. The fourth-order valence-electron chi connectivity index (χ4n) is 5.25. The molecule has 2 fully saturated rings. The molecule has 156 valence electrons. The number of piperidine rings is 1. The molecule has 0 amide bonds. The van der Waals surface area contributed by atoms with Crippen molar-refractivity contribution in [2.24, 2.45) is 11.8 Å². The summed E-state index contributed by atoms with van der Waals surface area (Å²) in [6, 6.07) is 13.9. The van der Waals surface area contributed by atoms with Gasteiger partial charge in [0.05, 0.1) is 26.9 Å². The molecule has 2 aromatic rings. The van der Waals surface area contributed by atoms with E-state index in [1.807, 2.05) is 36.4 Å². The number of rotatable bonds is 6. The van der Waals surface area contributed by atoms with Gasteiger partial charge < -0.3 is 19.3 Å². The van der Waals surface area contributed by atoms with Gasteiger partial charge in [-0.1, -0.05) is 18.6 Å². The summed E-state index contributed by atoms with van der Waals surface area (Å²) in [7, 11) is 5.06. The molecular weight excluding hydrogens is 366 g/mol. The van der Waals surface area contributed by atoms with Crippen LogP contribution in [0.5, 0.6) is 17.2 Å². The van der Waals surface area contributed by atoms with Crippen molar-refractivity contribution in [1.29, 1.82) is 0 Å². The van der Waals surface area contributed by atoms with Gasteiger partial charge in [-0.2, -0.15) is 0 Å². The van der Waals surface area contributed by atoms with Crippen LogP contribution >= 0.6 is 0 Å². The van der Waals surface area contributed by atoms with Gasteiger partial charge in [-0.25, -0.2) is 0 Å². The molecule has 0 aromatic heterocycles. The van der Waals surface area contributed by atoms with Gasteiger partial charge in [-0.05, 0) is 48.7 Å². The number of likely N-dealkylation sites (tertiary alicyclic amines) is 1. The second kappa shape index (κ2) is 8.25. The van der Waals surface area contributed by atoms with Crippen molar-refractivity contribution in [2.45, 2.75) is 31.4 Å². The molecule has 2 aromatic carbocycles. The first-order valence-electron chi connectivity index (χ1n) is 10.4. The zero-order chi connectivity index (χ0) is 20.4. The van der Waals surface area contributed by atoms with E-state index in [2.05, 4.69) is 11.0 Å². The highest BCUT2D eigenvalue weighted by Gasteiger charge is 2.51. The van der Waals surface area contributed by atoms with Gasteiger partial charge in [0.2, 0.25) is 0 Å². The fraction of sp³-hybridized carbons (Fsp3) is 0.500. The summed E-state index contributed by atoms with van der Waals surface area (Å²) in [6.45, 7) is 2.55. The lowest BCUT2D eigenvalue weighted by atomic mass is 9.62. The molecule has 2 atom stereocenters. The second-order valence-corrected chi connectivity index (χ2v) is 8.25. The highest BCUT2D eigenvalue weighted by atomic mass is 16.5. The van der Waals surface area contributed by atoms with E-state index >= 15 is 0 Å². The summed E-state index contributed by atoms with van der Waals surface area (Å²) >= 11 is 0. The van der Waals surface area contributed by atoms with Crippen LogP contribution in [0.4, 0.5) is 0 Å². The quantitative estimate of drug-likeness (QED) is 0.803. The lowest BCUT2D eigenvalue weighted by Gasteiger charge is -2.53. The SMILES string of the molecule is COc1ccc(C2(O)[C@H]3CCC[C@H]2CN(Cc2cc(OC)ccc2OC)C3)cc1. The number of fused-ring (bicyclic) bond motifs is 2. The average Bonchev–Trinajstić information content (AvgIpc) is 2.74. The zero-order valence-electron chi connectivity index (χ0n) is 17.6. The molecule has 1 saturated heterocycles. The molecule has 1 aliphatic heterocycles. The largest absolute Gasteiger partial charge is 0.497 e. The average molecular weight is 398 g/mol. The molecule has 5 nitrogen and oxygen atoms in total. The maximum atomic E-state index is 11.8. The van der Waals surface area contributed by atoms with Crippen molar-refractivity contribution in [3.8, 4) is 17.2 Å². The number of hydrogen-bond donors (Lipinski definition) is 1. The molecule has 1 heterocycles. The molecule has 4 rings (SSSR count). The van der Waals surface area contributed by atoms with Gasteiger partial charge in [-0.3, -0.25) is 4.90 Å². The maximum absolute atomic E-state index is 11.8. The van der Waals surface area contributed by atoms with Crippen molar-refractivity contribution in [1.82, 2.24) is 4.90 Å². The Bertz CT molecular complexity index is 821. The third-order valence-corrected chi connectivity index (χ3v) is 6.74. The lowest BCUT2D eigenvalue weighted by molar-refractivity contribution is -0.148. The summed E-state index contributed by atoms with van der Waals surface area (Å²) in [5, 5.41) is 11.8. The van der Waals surface area contributed by atoms with Gasteiger partial charge in [-0.15, -0.1) is 0 Å². The smallest absolute Gasteiger partial charge is 0.123 e. The summed E-state index contributed by atoms with van der Waals surface area (Å²) in [5.41, 5.74) is 1.38. The number of methoxy groups -OCH3 is 3. The first-order valence-corrected chi connectivity index (χ1v) is 10.4. The molecule has 5 heteroatoms. The van der Waals surface area contributed by atoms with E-state index in [-0.39, 0.29) is 11.8 Å². The molecule has 1 saturated carbocycles. The molecule has 0 unspecified atom stereocenters. The van der Waals surface area contributed by atoms with E-state index in [0.717, 1.165) is 60.9 Å². The number of ether oxygens (including phenoxy) is 3. The van der Waals surface area contributed by atoms with Crippen LogP contribution in [0.2, 0.25) is 0 Å². The van der Waals surface area contributed by atoms with Crippen LogP contribution in [0.25, 0.3) is 0 Å². The molecule has 2 bridgehead atoms. The van der Waals surface area contributed by atoms with Crippen LogP contribution in [-0.2, 0) is 12.1 Å². The molecule has 29 heavy (non-hydrogen) atoms. The molecule has 1 aliphatic carbocycles. The van der Waals surface area contributed by atoms with E-state index in [1.54, 1.807) is 21.3 Å². The number of benzene rings is 2. The minimum Gasteiger partial charge on any atom is -0.497 e. The molecule has 1 N–H and O–H groups in total. The van der Waals surface area contributed by atoms with E-state index < -0.39 is 5.60 Å². The zero-order valence-corrected chi connectivity index (χ0v) is 17.6. The fourth-order valence-corrected chi connectivity index (χ4v) is 5.25. The van der Waals surface area contributed by atoms with E-state index in [1.165, 1.54) is 6.42 Å². The lowest BCUT2D eigenvalue weighted by Crippen LogP contribution is -2.57.